The molecule has 5 aliphatic rings. The van der Waals surface area contributed by atoms with Crippen molar-refractivity contribution >= 4 is 6.09 Å². The average Bonchev–Trinajstić information content (AvgIpc) is 3.10. The lowest BCUT2D eigenvalue weighted by Crippen LogP contribution is -2.57. The lowest BCUT2D eigenvalue weighted by Gasteiger charge is -2.59. The fourth-order valence-electron chi connectivity index (χ4n) is 8.05. The number of ether oxygens (including phenoxy) is 1. The fourth-order valence-corrected chi connectivity index (χ4v) is 8.05. The Morgan fingerprint density at radius 1 is 0.938 bits per heavy atom. The molecule has 4 nitrogen and oxygen atoms in total. The zero-order chi connectivity index (χ0) is 21.7. The van der Waals surface area contributed by atoms with Crippen molar-refractivity contribution in [2.75, 3.05) is 13.2 Å². The molecule has 4 bridgehead atoms. The zero-order valence-corrected chi connectivity index (χ0v) is 18.6. The van der Waals surface area contributed by atoms with Gasteiger partial charge < -0.3 is 15.2 Å². The van der Waals surface area contributed by atoms with Crippen LogP contribution in [0.2, 0.25) is 0 Å². The van der Waals surface area contributed by atoms with Crippen molar-refractivity contribution in [2.24, 2.45) is 23.2 Å². The molecular weight excluding hydrogens is 398 g/mol. The van der Waals surface area contributed by atoms with Crippen LogP contribution < -0.4 is 5.32 Å². The molecule has 1 amide bonds. The summed E-state index contributed by atoms with van der Waals surface area (Å²) in [6.45, 7) is 0.447. The summed E-state index contributed by atoms with van der Waals surface area (Å²) >= 11 is 0. The Morgan fingerprint density at radius 2 is 1.47 bits per heavy atom. The Morgan fingerprint density at radius 3 is 2.00 bits per heavy atom. The number of hydrogen-bond acceptors (Lipinski definition) is 3. The van der Waals surface area contributed by atoms with E-state index in [4.69, 9.17) is 4.74 Å². The molecule has 0 aliphatic heterocycles. The van der Waals surface area contributed by atoms with Crippen LogP contribution in [-0.2, 0) is 4.74 Å². The smallest absolute Gasteiger partial charge is 0.407 e. The zero-order valence-electron chi connectivity index (χ0n) is 18.6. The minimum Gasteiger partial charge on any atom is -0.449 e. The predicted molar refractivity (Wildman–Crippen MR) is 124 cm³/mol. The van der Waals surface area contributed by atoms with Gasteiger partial charge in [-0.1, -0.05) is 48.5 Å². The van der Waals surface area contributed by atoms with Crippen molar-refractivity contribution in [3.8, 4) is 11.1 Å². The number of carbonyl (C=O) groups excluding carboxylic acids is 1. The fraction of sp³-hybridized carbons (Fsp3) is 0.536. The second-order valence-corrected chi connectivity index (χ2v) is 10.8. The van der Waals surface area contributed by atoms with Crippen molar-refractivity contribution in [3.63, 3.8) is 0 Å². The number of carbonyl (C=O) groups is 1. The minimum absolute atomic E-state index is 0.0107. The Balaban J connectivity index is 1.16. The molecule has 7 rings (SSSR count). The highest BCUT2D eigenvalue weighted by Crippen LogP contribution is 2.61. The number of fused-ring (bicyclic) bond motifs is 3. The largest absolute Gasteiger partial charge is 0.449 e. The highest BCUT2D eigenvalue weighted by atomic mass is 16.5. The van der Waals surface area contributed by atoms with Gasteiger partial charge in [0.15, 0.2) is 0 Å². The van der Waals surface area contributed by atoms with E-state index in [0.29, 0.717) is 13.0 Å². The molecule has 0 radical (unpaired) electrons. The number of hydrogen-bond donors (Lipinski definition) is 2. The van der Waals surface area contributed by atoms with E-state index in [2.05, 4.69) is 53.8 Å². The number of nitrogens with one attached hydrogen (secondary N) is 1. The van der Waals surface area contributed by atoms with Crippen LogP contribution in [0.3, 0.4) is 0 Å². The number of aliphatic hydroxyl groups is 1. The maximum atomic E-state index is 13.0. The summed E-state index contributed by atoms with van der Waals surface area (Å²) in [5, 5.41) is 13.0. The van der Waals surface area contributed by atoms with Gasteiger partial charge in [-0.3, -0.25) is 0 Å². The SMILES string of the molecule is O=C(NC(CCO)C12CC3CC(CC(C3)C1)C2)OCC1c2ccccc2-c2ccccc21. The molecule has 0 aromatic heterocycles. The number of rotatable bonds is 6. The van der Waals surface area contributed by atoms with Gasteiger partial charge in [0, 0.05) is 18.6 Å². The van der Waals surface area contributed by atoms with Crippen LogP contribution in [0.25, 0.3) is 11.1 Å². The Bertz CT molecular complexity index is 934. The molecule has 32 heavy (non-hydrogen) atoms. The summed E-state index contributed by atoms with van der Waals surface area (Å²) in [4.78, 5) is 13.0. The molecule has 1 atom stereocenters. The molecule has 168 valence electrons. The van der Waals surface area contributed by atoms with Crippen molar-refractivity contribution in [3.05, 3.63) is 59.7 Å². The molecule has 4 heteroatoms. The topological polar surface area (TPSA) is 58.6 Å². The second kappa shape index (κ2) is 7.91. The summed E-state index contributed by atoms with van der Waals surface area (Å²) in [5.41, 5.74) is 5.10. The number of aliphatic hydroxyl groups excluding tert-OH is 1. The van der Waals surface area contributed by atoms with Gasteiger partial charge in [-0.2, -0.15) is 0 Å². The Kier molecular flexibility index (Phi) is 5.02. The van der Waals surface area contributed by atoms with Crippen LogP contribution in [-0.4, -0.2) is 30.5 Å². The third-order valence-electron chi connectivity index (χ3n) is 8.88. The standard InChI is InChI=1S/C28H33NO3/c30-10-9-26(28-14-18-11-19(15-28)13-20(12-18)16-28)29-27(31)32-17-25-23-7-3-1-5-21(23)22-6-2-4-8-24(22)25/h1-8,18-20,25-26,30H,9-17H2,(H,29,31). The molecule has 0 saturated heterocycles. The summed E-state index contributed by atoms with van der Waals surface area (Å²) in [5.74, 6) is 2.51. The molecule has 0 heterocycles. The summed E-state index contributed by atoms with van der Waals surface area (Å²) in [6.07, 6.45) is 8.01. The van der Waals surface area contributed by atoms with Crippen molar-refractivity contribution in [1.82, 2.24) is 5.32 Å². The van der Waals surface area contributed by atoms with Crippen LogP contribution >= 0.6 is 0 Å². The number of alkyl carbamates (subject to hydrolysis) is 1. The van der Waals surface area contributed by atoms with Crippen molar-refractivity contribution in [2.45, 2.75) is 56.9 Å². The molecule has 0 spiro atoms. The van der Waals surface area contributed by atoms with Crippen LogP contribution in [0.1, 0.15) is 62.0 Å². The average molecular weight is 432 g/mol. The highest BCUT2D eigenvalue weighted by Gasteiger charge is 2.54. The van der Waals surface area contributed by atoms with Gasteiger partial charge in [-0.15, -0.1) is 0 Å². The van der Waals surface area contributed by atoms with Crippen molar-refractivity contribution < 1.29 is 14.6 Å². The van der Waals surface area contributed by atoms with Gasteiger partial charge in [0.25, 0.3) is 0 Å². The monoisotopic (exact) mass is 431 g/mol. The van der Waals surface area contributed by atoms with Crippen molar-refractivity contribution in [1.29, 1.82) is 0 Å². The first kappa shape index (κ1) is 20.3. The van der Waals surface area contributed by atoms with E-state index in [-0.39, 0.29) is 30.1 Å². The molecule has 2 N–H and O–H groups in total. The lowest BCUT2D eigenvalue weighted by molar-refractivity contribution is -0.0763. The van der Waals surface area contributed by atoms with Gasteiger partial charge in [0.2, 0.25) is 0 Å². The third-order valence-corrected chi connectivity index (χ3v) is 8.88. The maximum absolute atomic E-state index is 13.0. The molecule has 2 aromatic carbocycles. The first-order valence-electron chi connectivity index (χ1n) is 12.4. The van der Waals surface area contributed by atoms with Crippen LogP contribution in [0.15, 0.2) is 48.5 Å². The first-order chi connectivity index (χ1) is 15.6. The summed E-state index contributed by atoms with van der Waals surface area (Å²) in [6, 6.07) is 16.8. The molecule has 1 unspecified atom stereocenters. The molecule has 5 aliphatic carbocycles. The molecule has 4 saturated carbocycles. The highest BCUT2D eigenvalue weighted by molar-refractivity contribution is 5.79. The van der Waals surface area contributed by atoms with Crippen LogP contribution in [0, 0.1) is 23.2 Å². The summed E-state index contributed by atoms with van der Waals surface area (Å²) in [7, 11) is 0. The van der Waals surface area contributed by atoms with E-state index >= 15 is 0 Å². The van der Waals surface area contributed by atoms with Gasteiger partial charge >= 0.3 is 6.09 Å². The Labute approximate surface area is 190 Å². The van der Waals surface area contributed by atoms with E-state index in [1.54, 1.807) is 0 Å². The Hall–Kier alpha value is -2.33. The van der Waals surface area contributed by atoms with E-state index in [9.17, 15) is 9.90 Å². The lowest BCUT2D eigenvalue weighted by atomic mass is 9.47. The van der Waals surface area contributed by atoms with E-state index in [1.807, 2.05) is 0 Å². The number of benzene rings is 2. The quantitative estimate of drug-likeness (QED) is 0.636. The van der Waals surface area contributed by atoms with Crippen LogP contribution in [0.5, 0.6) is 0 Å². The minimum atomic E-state index is -0.332. The second-order valence-electron chi connectivity index (χ2n) is 10.8. The maximum Gasteiger partial charge on any atom is 0.407 e. The van der Waals surface area contributed by atoms with E-state index in [0.717, 1.165) is 17.8 Å². The van der Waals surface area contributed by atoms with Gasteiger partial charge in [-0.25, -0.2) is 4.79 Å². The van der Waals surface area contributed by atoms with Crippen LogP contribution in [0.4, 0.5) is 4.79 Å². The van der Waals surface area contributed by atoms with Gasteiger partial charge in [0.1, 0.15) is 6.61 Å². The van der Waals surface area contributed by atoms with Gasteiger partial charge in [-0.05, 0) is 90.4 Å². The normalized spacial score (nSPS) is 30.6. The van der Waals surface area contributed by atoms with Gasteiger partial charge in [0.05, 0.1) is 0 Å². The molecular formula is C28H33NO3. The predicted octanol–water partition coefficient (Wildman–Crippen LogP) is 5.49. The van der Waals surface area contributed by atoms with E-state index < -0.39 is 0 Å². The molecule has 2 aromatic rings. The third kappa shape index (κ3) is 3.35. The first-order valence-corrected chi connectivity index (χ1v) is 12.4. The van der Waals surface area contributed by atoms with E-state index in [1.165, 1.54) is 60.8 Å². The number of amides is 1. The molecule has 4 fully saturated rings. The summed E-state index contributed by atoms with van der Waals surface area (Å²) < 4.78 is 5.85.